The number of rotatable bonds is 7. The maximum atomic E-state index is 13.7. The third-order valence-electron chi connectivity index (χ3n) is 3.06. The maximum Gasteiger partial charge on any atom is 0.260 e. The Balaban J connectivity index is 2.91. The molecule has 0 saturated heterocycles. The van der Waals surface area contributed by atoms with E-state index in [9.17, 15) is 14.3 Å². The number of unbranched alkanes of at least 4 members (excludes halogenated alkanes) is 2. The van der Waals surface area contributed by atoms with Gasteiger partial charge in [-0.15, -0.1) is 0 Å². The first-order valence-corrected chi connectivity index (χ1v) is 6.88. The van der Waals surface area contributed by atoms with Gasteiger partial charge in [-0.2, -0.15) is 0 Å². The molecule has 0 aromatic heterocycles. The molecule has 0 aliphatic carbocycles. The van der Waals surface area contributed by atoms with E-state index in [-0.39, 0.29) is 11.3 Å². The van der Waals surface area contributed by atoms with Crippen molar-refractivity contribution < 1.29 is 14.3 Å². The number of aromatic hydroxyl groups is 1. The van der Waals surface area contributed by atoms with Crippen LogP contribution in [0.1, 0.15) is 49.9 Å². The minimum atomic E-state index is -0.664. The topological polar surface area (TPSA) is 40.5 Å². The largest absolute Gasteiger partial charge is 0.507 e. The molecule has 0 aliphatic rings. The second-order valence-electron chi connectivity index (χ2n) is 4.63. The molecule has 0 unspecified atom stereocenters. The number of benzene rings is 1. The molecule has 1 aromatic rings. The summed E-state index contributed by atoms with van der Waals surface area (Å²) in [5.74, 6) is -1.37. The van der Waals surface area contributed by atoms with Crippen molar-refractivity contribution in [3.05, 3.63) is 29.6 Å². The summed E-state index contributed by atoms with van der Waals surface area (Å²) in [5.41, 5.74) is -0.213. The van der Waals surface area contributed by atoms with Crippen LogP contribution in [0, 0.1) is 5.82 Å². The standard InChI is InChI=1S/C15H22FNO2/c1-3-5-10-17(11-6-4-2)15(19)14-12(16)8-7-9-13(14)18/h7-9,18H,3-6,10-11H2,1-2H3. The second-order valence-corrected chi connectivity index (χ2v) is 4.63. The molecular weight excluding hydrogens is 245 g/mol. The molecule has 1 aromatic carbocycles. The summed E-state index contributed by atoms with van der Waals surface area (Å²) in [6.45, 7) is 5.29. The van der Waals surface area contributed by atoms with Gasteiger partial charge in [0.15, 0.2) is 0 Å². The van der Waals surface area contributed by atoms with Gasteiger partial charge in [0.2, 0.25) is 0 Å². The van der Waals surface area contributed by atoms with Crippen LogP contribution in [0.5, 0.6) is 5.75 Å². The Morgan fingerprint density at radius 1 is 1.21 bits per heavy atom. The van der Waals surface area contributed by atoms with Gasteiger partial charge in [-0.3, -0.25) is 4.79 Å². The highest BCUT2D eigenvalue weighted by Crippen LogP contribution is 2.22. The van der Waals surface area contributed by atoms with Crippen molar-refractivity contribution in [3.8, 4) is 5.75 Å². The number of phenols is 1. The van der Waals surface area contributed by atoms with Gasteiger partial charge < -0.3 is 10.0 Å². The fourth-order valence-corrected chi connectivity index (χ4v) is 1.90. The zero-order valence-corrected chi connectivity index (χ0v) is 11.7. The molecule has 0 saturated carbocycles. The molecule has 106 valence electrons. The van der Waals surface area contributed by atoms with Crippen molar-refractivity contribution in [3.63, 3.8) is 0 Å². The monoisotopic (exact) mass is 267 g/mol. The van der Waals surface area contributed by atoms with Crippen LogP contribution in [0.4, 0.5) is 4.39 Å². The average Bonchev–Trinajstić information content (AvgIpc) is 2.38. The van der Waals surface area contributed by atoms with E-state index in [1.165, 1.54) is 18.2 Å². The van der Waals surface area contributed by atoms with E-state index in [1.54, 1.807) is 4.90 Å². The van der Waals surface area contributed by atoms with Gasteiger partial charge in [0.1, 0.15) is 17.1 Å². The first kappa shape index (κ1) is 15.5. The van der Waals surface area contributed by atoms with E-state index < -0.39 is 11.7 Å². The van der Waals surface area contributed by atoms with Crippen molar-refractivity contribution in [2.24, 2.45) is 0 Å². The molecule has 3 nitrogen and oxygen atoms in total. The predicted molar refractivity (Wildman–Crippen MR) is 73.8 cm³/mol. The summed E-state index contributed by atoms with van der Waals surface area (Å²) in [7, 11) is 0. The third kappa shape index (κ3) is 4.23. The van der Waals surface area contributed by atoms with Crippen LogP contribution in [-0.2, 0) is 0 Å². The van der Waals surface area contributed by atoms with Crippen LogP contribution in [0.25, 0.3) is 0 Å². The summed E-state index contributed by atoms with van der Waals surface area (Å²) in [5, 5.41) is 9.67. The lowest BCUT2D eigenvalue weighted by Crippen LogP contribution is -2.33. The molecule has 19 heavy (non-hydrogen) atoms. The number of hydrogen-bond acceptors (Lipinski definition) is 2. The van der Waals surface area contributed by atoms with Crippen LogP contribution in [-0.4, -0.2) is 29.0 Å². The number of halogens is 1. The van der Waals surface area contributed by atoms with E-state index in [2.05, 4.69) is 0 Å². The van der Waals surface area contributed by atoms with Gasteiger partial charge >= 0.3 is 0 Å². The summed E-state index contributed by atoms with van der Waals surface area (Å²) in [6.07, 6.45) is 3.70. The van der Waals surface area contributed by atoms with Crippen LogP contribution in [0.2, 0.25) is 0 Å². The minimum absolute atomic E-state index is 0.213. The fourth-order valence-electron chi connectivity index (χ4n) is 1.90. The van der Waals surface area contributed by atoms with Crippen molar-refractivity contribution in [1.29, 1.82) is 0 Å². The fraction of sp³-hybridized carbons (Fsp3) is 0.533. The van der Waals surface area contributed by atoms with Crippen molar-refractivity contribution >= 4 is 5.91 Å². The van der Waals surface area contributed by atoms with E-state index in [0.29, 0.717) is 13.1 Å². The Morgan fingerprint density at radius 3 is 2.26 bits per heavy atom. The van der Waals surface area contributed by atoms with Crippen molar-refractivity contribution in [2.45, 2.75) is 39.5 Å². The SMILES string of the molecule is CCCCN(CCCC)C(=O)c1c(O)cccc1F. The Hall–Kier alpha value is -1.58. The molecule has 1 amide bonds. The van der Waals surface area contributed by atoms with E-state index in [0.717, 1.165) is 25.7 Å². The molecule has 0 radical (unpaired) electrons. The minimum Gasteiger partial charge on any atom is -0.507 e. The molecule has 0 atom stereocenters. The zero-order valence-electron chi connectivity index (χ0n) is 11.7. The summed E-state index contributed by atoms with van der Waals surface area (Å²) < 4.78 is 13.7. The highest BCUT2D eigenvalue weighted by molar-refractivity contribution is 5.97. The molecule has 0 bridgehead atoms. The lowest BCUT2D eigenvalue weighted by molar-refractivity contribution is 0.0743. The van der Waals surface area contributed by atoms with E-state index in [1.807, 2.05) is 13.8 Å². The van der Waals surface area contributed by atoms with Gasteiger partial charge in [0.25, 0.3) is 5.91 Å². The number of amides is 1. The lowest BCUT2D eigenvalue weighted by atomic mass is 10.1. The number of carbonyl (C=O) groups excluding carboxylic acids is 1. The van der Waals surface area contributed by atoms with Crippen LogP contribution in [0.3, 0.4) is 0 Å². The summed E-state index contributed by atoms with van der Waals surface area (Å²) in [6, 6.07) is 3.93. The predicted octanol–water partition coefficient (Wildman–Crippen LogP) is 3.57. The third-order valence-corrected chi connectivity index (χ3v) is 3.06. The van der Waals surface area contributed by atoms with Gasteiger partial charge in [-0.25, -0.2) is 4.39 Å². The highest BCUT2D eigenvalue weighted by Gasteiger charge is 2.21. The normalized spacial score (nSPS) is 10.5. The number of carbonyl (C=O) groups is 1. The smallest absolute Gasteiger partial charge is 0.260 e. The van der Waals surface area contributed by atoms with Crippen molar-refractivity contribution in [2.75, 3.05) is 13.1 Å². The average molecular weight is 267 g/mol. The molecule has 4 heteroatoms. The van der Waals surface area contributed by atoms with Crippen LogP contribution >= 0.6 is 0 Å². The molecule has 1 N–H and O–H groups in total. The Morgan fingerprint density at radius 2 is 1.79 bits per heavy atom. The second kappa shape index (κ2) is 7.77. The number of phenolic OH excluding ortho intramolecular Hbond substituents is 1. The van der Waals surface area contributed by atoms with Crippen LogP contribution in [0.15, 0.2) is 18.2 Å². The van der Waals surface area contributed by atoms with Gasteiger partial charge in [0.05, 0.1) is 0 Å². The Labute approximate surface area is 114 Å². The molecular formula is C15H22FNO2. The summed E-state index contributed by atoms with van der Waals surface area (Å²) in [4.78, 5) is 14.0. The zero-order chi connectivity index (χ0) is 14.3. The highest BCUT2D eigenvalue weighted by atomic mass is 19.1. The van der Waals surface area contributed by atoms with Gasteiger partial charge in [-0.05, 0) is 25.0 Å². The molecule has 0 fully saturated rings. The van der Waals surface area contributed by atoms with Crippen molar-refractivity contribution in [1.82, 2.24) is 4.90 Å². The van der Waals surface area contributed by atoms with Crippen LogP contribution < -0.4 is 0 Å². The quantitative estimate of drug-likeness (QED) is 0.820. The lowest BCUT2D eigenvalue weighted by Gasteiger charge is -2.23. The van der Waals surface area contributed by atoms with E-state index in [4.69, 9.17) is 0 Å². The Bertz CT molecular complexity index is 392. The molecule has 0 aliphatic heterocycles. The first-order valence-electron chi connectivity index (χ1n) is 6.88. The van der Waals surface area contributed by atoms with Gasteiger partial charge in [0, 0.05) is 13.1 Å². The Kier molecular flexibility index (Phi) is 6.33. The summed E-state index contributed by atoms with van der Waals surface area (Å²) >= 11 is 0. The first-order chi connectivity index (χ1) is 9.11. The number of nitrogens with zero attached hydrogens (tertiary/aromatic N) is 1. The van der Waals surface area contributed by atoms with Gasteiger partial charge in [-0.1, -0.05) is 32.8 Å². The molecule has 0 heterocycles. The van der Waals surface area contributed by atoms with E-state index >= 15 is 0 Å². The molecule has 1 rings (SSSR count). The molecule has 0 spiro atoms. The number of hydrogen-bond donors (Lipinski definition) is 1. The maximum absolute atomic E-state index is 13.7.